The Morgan fingerprint density at radius 3 is 2.47 bits per heavy atom. The van der Waals surface area contributed by atoms with Gasteiger partial charge >= 0.3 is 6.18 Å². The number of aliphatic hydroxyl groups excluding tert-OH is 2. The van der Waals surface area contributed by atoms with Gasteiger partial charge in [0.05, 0.1) is 18.3 Å². The minimum Gasteiger partial charge on any atom is -0.394 e. The van der Waals surface area contributed by atoms with Crippen LogP contribution in [0.1, 0.15) is 11.1 Å². The van der Waals surface area contributed by atoms with Crippen LogP contribution in [0.25, 0.3) is 0 Å². The second-order valence-corrected chi connectivity index (χ2v) is 4.54. The van der Waals surface area contributed by atoms with Gasteiger partial charge in [0.2, 0.25) is 0 Å². The van der Waals surface area contributed by atoms with E-state index in [1.54, 1.807) is 6.07 Å². The Hall–Kier alpha value is -0.720. The van der Waals surface area contributed by atoms with Crippen molar-refractivity contribution in [3.05, 3.63) is 35.4 Å². The molecule has 96 valence electrons. The first kappa shape index (κ1) is 14.3. The molecule has 0 amide bonds. The summed E-state index contributed by atoms with van der Waals surface area (Å²) in [5, 5.41) is 17.6. The van der Waals surface area contributed by atoms with Crippen molar-refractivity contribution in [2.45, 2.75) is 18.0 Å². The number of halogens is 3. The fourth-order valence-electron chi connectivity index (χ4n) is 1.28. The lowest BCUT2D eigenvalue weighted by molar-refractivity contribution is -0.138. The Kier molecular flexibility index (Phi) is 5.30. The van der Waals surface area contributed by atoms with Gasteiger partial charge in [0.15, 0.2) is 0 Å². The molecule has 0 fully saturated rings. The van der Waals surface area contributed by atoms with Gasteiger partial charge in [-0.15, -0.1) is 0 Å². The molecule has 0 saturated carbocycles. The molecule has 0 heterocycles. The minimum atomic E-state index is -4.35. The van der Waals surface area contributed by atoms with E-state index in [0.717, 1.165) is 17.8 Å². The van der Waals surface area contributed by atoms with Gasteiger partial charge in [0.1, 0.15) is 0 Å². The Balaban J connectivity index is 2.65. The van der Waals surface area contributed by atoms with Crippen LogP contribution in [0.15, 0.2) is 24.3 Å². The molecular formula is C11H13F3O2S. The van der Waals surface area contributed by atoms with Crippen molar-refractivity contribution >= 4 is 11.8 Å². The maximum atomic E-state index is 12.6. The summed E-state index contributed by atoms with van der Waals surface area (Å²) in [6, 6.07) is 5.35. The molecule has 0 aliphatic heterocycles. The third-order valence-corrected chi connectivity index (χ3v) is 3.24. The van der Waals surface area contributed by atoms with Crippen LogP contribution in [0.4, 0.5) is 13.2 Å². The summed E-state index contributed by atoms with van der Waals surface area (Å²) in [7, 11) is 0. The topological polar surface area (TPSA) is 40.5 Å². The van der Waals surface area contributed by atoms with Gasteiger partial charge in [-0.25, -0.2) is 0 Å². The molecule has 2 N–H and O–H groups in total. The van der Waals surface area contributed by atoms with E-state index in [1.165, 1.54) is 12.1 Å². The Bertz CT molecular complexity index is 355. The van der Waals surface area contributed by atoms with E-state index >= 15 is 0 Å². The lowest BCUT2D eigenvalue weighted by Gasteiger charge is -2.13. The highest BCUT2D eigenvalue weighted by molar-refractivity contribution is 7.98. The largest absolute Gasteiger partial charge is 0.416 e. The first-order valence-electron chi connectivity index (χ1n) is 4.97. The molecular weight excluding hydrogens is 253 g/mol. The van der Waals surface area contributed by atoms with E-state index in [-0.39, 0.29) is 23.7 Å². The molecule has 0 unspecified atom stereocenters. The Labute approximate surface area is 101 Å². The molecule has 1 atom stereocenters. The molecule has 0 spiro atoms. The quantitative estimate of drug-likeness (QED) is 0.859. The van der Waals surface area contributed by atoms with Crippen LogP contribution < -0.4 is 0 Å². The summed E-state index contributed by atoms with van der Waals surface area (Å²) in [6.07, 6.45) is -5.25. The number of thioether (sulfide) groups is 1. The van der Waals surface area contributed by atoms with Crippen LogP contribution in [0.2, 0.25) is 0 Å². The molecule has 0 aliphatic rings. The second kappa shape index (κ2) is 6.28. The SMILES string of the molecule is OC[C@H](O)CSCc1ccccc1C(F)(F)F. The van der Waals surface area contributed by atoms with Crippen LogP contribution in [-0.2, 0) is 11.9 Å². The maximum absolute atomic E-state index is 12.6. The molecule has 0 saturated heterocycles. The summed E-state index contributed by atoms with van der Waals surface area (Å²) in [6.45, 7) is -0.381. The lowest BCUT2D eigenvalue weighted by Crippen LogP contribution is -2.15. The molecule has 0 radical (unpaired) electrons. The predicted molar refractivity (Wildman–Crippen MR) is 60.7 cm³/mol. The van der Waals surface area contributed by atoms with Crippen LogP contribution in [0.3, 0.4) is 0 Å². The standard InChI is InChI=1S/C11H13F3O2S/c12-11(13,14)10-4-2-1-3-8(10)6-17-7-9(16)5-15/h1-4,9,15-16H,5-7H2/t9-/m0/s1. The molecule has 0 aliphatic carbocycles. The molecule has 1 rings (SSSR count). The first-order valence-corrected chi connectivity index (χ1v) is 6.12. The smallest absolute Gasteiger partial charge is 0.394 e. The summed E-state index contributed by atoms with van der Waals surface area (Å²) >= 11 is 1.16. The summed E-state index contributed by atoms with van der Waals surface area (Å²) in [5.74, 6) is 0.370. The van der Waals surface area contributed by atoms with Gasteiger partial charge < -0.3 is 10.2 Å². The van der Waals surface area contributed by atoms with Gasteiger partial charge in [-0.3, -0.25) is 0 Å². The van der Waals surface area contributed by atoms with E-state index in [1.807, 2.05) is 0 Å². The minimum absolute atomic E-state index is 0.159. The van der Waals surface area contributed by atoms with Gasteiger partial charge in [-0.2, -0.15) is 24.9 Å². The van der Waals surface area contributed by atoms with Gasteiger partial charge in [0, 0.05) is 11.5 Å². The van der Waals surface area contributed by atoms with Crippen molar-refractivity contribution in [2.75, 3.05) is 12.4 Å². The van der Waals surface area contributed by atoms with Crippen molar-refractivity contribution in [1.82, 2.24) is 0 Å². The fraction of sp³-hybridized carbons (Fsp3) is 0.455. The number of rotatable bonds is 5. The van der Waals surface area contributed by atoms with Crippen LogP contribution in [0.5, 0.6) is 0 Å². The highest BCUT2D eigenvalue weighted by Crippen LogP contribution is 2.33. The van der Waals surface area contributed by atoms with Crippen LogP contribution >= 0.6 is 11.8 Å². The second-order valence-electron chi connectivity index (χ2n) is 3.51. The summed E-state index contributed by atoms with van der Waals surface area (Å²) in [5.41, 5.74) is -0.457. The zero-order valence-electron chi connectivity index (χ0n) is 8.94. The van der Waals surface area contributed by atoms with Crippen molar-refractivity contribution in [3.8, 4) is 0 Å². The average molecular weight is 266 g/mol. The van der Waals surface area contributed by atoms with E-state index in [9.17, 15) is 13.2 Å². The fourth-order valence-corrected chi connectivity index (χ4v) is 2.25. The van der Waals surface area contributed by atoms with E-state index < -0.39 is 17.8 Å². The summed E-state index contributed by atoms with van der Waals surface area (Å²) < 4.78 is 37.8. The molecule has 6 heteroatoms. The number of alkyl halides is 3. The third-order valence-electron chi connectivity index (χ3n) is 2.10. The Morgan fingerprint density at radius 2 is 1.88 bits per heavy atom. The highest BCUT2D eigenvalue weighted by Gasteiger charge is 2.32. The van der Waals surface area contributed by atoms with Crippen molar-refractivity contribution in [1.29, 1.82) is 0 Å². The zero-order valence-corrected chi connectivity index (χ0v) is 9.76. The molecule has 1 aromatic carbocycles. The summed E-state index contributed by atoms with van der Waals surface area (Å²) in [4.78, 5) is 0. The van der Waals surface area contributed by atoms with Crippen molar-refractivity contribution in [3.63, 3.8) is 0 Å². The number of hydrogen-bond acceptors (Lipinski definition) is 3. The highest BCUT2D eigenvalue weighted by atomic mass is 32.2. The van der Waals surface area contributed by atoms with E-state index in [4.69, 9.17) is 10.2 Å². The molecule has 0 bridgehead atoms. The van der Waals surface area contributed by atoms with E-state index in [2.05, 4.69) is 0 Å². The molecule has 0 aromatic heterocycles. The predicted octanol–water partition coefficient (Wildman–Crippen LogP) is 2.29. The first-order chi connectivity index (χ1) is 7.95. The van der Waals surface area contributed by atoms with Crippen LogP contribution in [-0.4, -0.2) is 28.7 Å². The Morgan fingerprint density at radius 1 is 1.24 bits per heavy atom. The van der Waals surface area contributed by atoms with E-state index in [0.29, 0.717) is 0 Å². The van der Waals surface area contributed by atoms with Gasteiger partial charge in [-0.05, 0) is 11.6 Å². The van der Waals surface area contributed by atoms with Gasteiger partial charge in [0.25, 0.3) is 0 Å². The number of benzene rings is 1. The normalized spacial score (nSPS) is 13.7. The van der Waals surface area contributed by atoms with Crippen molar-refractivity contribution in [2.24, 2.45) is 0 Å². The monoisotopic (exact) mass is 266 g/mol. The molecule has 2 nitrogen and oxygen atoms in total. The van der Waals surface area contributed by atoms with Crippen molar-refractivity contribution < 1.29 is 23.4 Å². The lowest BCUT2D eigenvalue weighted by atomic mass is 10.1. The number of hydrogen-bond donors (Lipinski definition) is 2. The van der Waals surface area contributed by atoms with Crippen LogP contribution in [0, 0.1) is 0 Å². The number of aliphatic hydroxyl groups is 2. The zero-order chi connectivity index (χ0) is 12.9. The maximum Gasteiger partial charge on any atom is 0.416 e. The molecule has 1 aromatic rings. The third kappa shape index (κ3) is 4.57. The molecule has 17 heavy (non-hydrogen) atoms. The van der Waals surface area contributed by atoms with Gasteiger partial charge in [-0.1, -0.05) is 18.2 Å². The average Bonchev–Trinajstić information content (AvgIpc) is 2.28.